The van der Waals surface area contributed by atoms with Crippen molar-refractivity contribution in [3.05, 3.63) is 35.9 Å². The van der Waals surface area contributed by atoms with E-state index in [2.05, 4.69) is 20.6 Å². The fraction of sp³-hybridized carbons (Fsp3) is 0.318. The highest BCUT2D eigenvalue weighted by molar-refractivity contribution is 5.99. The summed E-state index contributed by atoms with van der Waals surface area (Å²) in [4.78, 5) is 19.1. The summed E-state index contributed by atoms with van der Waals surface area (Å²) in [6, 6.07) is 3.11. The zero-order chi connectivity index (χ0) is 22.8. The fourth-order valence-corrected chi connectivity index (χ4v) is 3.55. The molecule has 1 saturated carbocycles. The van der Waals surface area contributed by atoms with E-state index in [0.717, 1.165) is 24.1 Å². The highest BCUT2D eigenvalue weighted by Crippen LogP contribution is 2.39. The van der Waals surface area contributed by atoms with Gasteiger partial charge in [-0.1, -0.05) is 0 Å². The molecule has 1 aromatic carbocycles. The van der Waals surface area contributed by atoms with Crippen molar-refractivity contribution < 1.29 is 24.1 Å². The van der Waals surface area contributed by atoms with Gasteiger partial charge in [0.05, 0.1) is 11.8 Å². The Morgan fingerprint density at radius 1 is 1.28 bits per heavy atom. The van der Waals surface area contributed by atoms with E-state index in [0.29, 0.717) is 35.4 Å². The number of hydrogen-bond acceptors (Lipinski definition) is 7. The number of anilines is 3. The van der Waals surface area contributed by atoms with Gasteiger partial charge < -0.3 is 26.0 Å². The topological polar surface area (TPSA) is 143 Å². The minimum Gasteiger partial charge on any atom is -0.474 e. The Kier molecular flexibility index (Phi) is 5.95. The highest BCUT2D eigenvalue weighted by Gasteiger charge is 2.21. The van der Waals surface area contributed by atoms with Crippen molar-refractivity contribution in [2.45, 2.75) is 32.3 Å². The molecule has 1 aliphatic carbocycles. The molecule has 3 aromatic rings. The Labute approximate surface area is 183 Å². The maximum absolute atomic E-state index is 15.0. The van der Waals surface area contributed by atoms with Crippen LogP contribution >= 0.6 is 0 Å². The van der Waals surface area contributed by atoms with Crippen molar-refractivity contribution in [3.63, 3.8) is 0 Å². The van der Waals surface area contributed by atoms with Crippen LogP contribution in [0.3, 0.4) is 0 Å². The van der Waals surface area contributed by atoms with Crippen LogP contribution in [-0.2, 0) is 0 Å². The first-order chi connectivity index (χ1) is 15.3. The second-order valence-electron chi connectivity index (χ2n) is 7.71. The molecule has 0 saturated heterocycles. The predicted molar refractivity (Wildman–Crippen MR) is 120 cm³/mol. The standard InChI is InChI=1S/C18H16FN5O3.C4H8O/c1-8-11(6-23-17-16(8)21-2-3-27-17)10-4-9-5-13(24-18(25)26)22-7-12(9)15(20)14(10)19;5-4-2-1-3-4/h4-7,21H,2-3,20H2,1H3,(H,22,24)(H,25,26);4-5H,1-3H2. The van der Waals surface area contributed by atoms with Crippen LogP contribution in [0.5, 0.6) is 5.88 Å². The molecule has 10 heteroatoms. The van der Waals surface area contributed by atoms with Gasteiger partial charge in [-0.3, -0.25) is 5.32 Å². The summed E-state index contributed by atoms with van der Waals surface area (Å²) < 4.78 is 20.5. The number of ether oxygens (including phenoxy) is 1. The number of pyridine rings is 2. The van der Waals surface area contributed by atoms with E-state index < -0.39 is 11.9 Å². The van der Waals surface area contributed by atoms with Crippen LogP contribution < -0.4 is 21.1 Å². The average Bonchev–Trinajstić information content (AvgIpc) is 2.75. The molecular formula is C22H24FN5O4. The van der Waals surface area contributed by atoms with E-state index in [4.69, 9.17) is 20.7 Å². The van der Waals surface area contributed by atoms with Crippen molar-refractivity contribution in [3.8, 4) is 17.0 Å². The molecule has 9 nitrogen and oxygen atoms in total. The molecule has 6 N–H and O–H groups in total. The van der Waals surface area contributed by atoms with E-state index in [1.807, 2.05) is 6.92 Å². The van der Waals surface area contributed by atoms with Crippen molar-refractivity contribution in [2.75, 3.05) is 29.5 Å². The van der Waals surface area contributed by atoms with Gasteiger partial charge in [0.1, 0.15) is 18.1 Å². The van der Waals surface area contributed by atoms with Crippen LogP contribution in [-0.4, -0.2) is 45.5 Å². The first-order valence-corrected chi connectivity index (χ1v) is 10.3. The number of rotatable bonds is 2. The number of carboxylic acid groups (broad SMARTS) is 1. The first kappa shape index (κ1) is 21.6. The van der Waals surface area contributed by atoms with Crippen LogP contribution in [0.25, 0.3) is 21.9 Å². The van der Waals surface area contributed by atoms with Crippen LogP contribution in [0, 0.1) is 12.7 Å². The summed E-state index contributed by atoms with van der Waals surface area (Å²) in [6.45, 7) is 3.00. The molecule has 0 radical (unpaired) electrons. The third-order valence-corrected chi connectivity index (χ3v) is 5.55. The maximum Gasteiger partial charge on any atom is 0.410 e. The SMILES string of the molecule is Cc1c(-c2cc3cc(NC(=O)O)ncc3c(N)c2F)cnc2c1NCCO2.OC1CCC1. The molecule has 1 amide bonds. The smallest absolute Gasteiger partial charge is 0.410 e. The van der Waals surface area contributed by atoms with Crippen molar-refractivity contribution >= 4 is 34.1 Å². The Bertz CT molecular complexity index is 1180. The summed E-state index contributed by atoms with van der Waals surface area (Å²) in [7, 11) is 0. The molecule has 2 aromatic heterocycles. The van der Waals surface area contributed by atoms with E-state index in [-0.39, 0.29) is 23.2 Å². The van der Waals surface area contributed by atoms with Crippen molar-refractivity contribution in [1.82, 2.24) is 9.97 Å². The normalized spacial score (nSPS) is 14.8. The second kappa shape index (κ2) is 8.83. The molecular weight excluding hydrogens is 417 g/mol. The number of aliphatic hydroxyl groups excluding tert-OH is 1. The summed E-state index contributed by atoms with van der Waals surface area (Å²) in [5.74, 6) is 0.0287. The number of halogens is 1. The largest absolute Gasteiger partial charge is 0.474 e. The number of benzene rings is 1. The van der Waals surface area contributed by atoms with E-state index in [1.54, 1.807) is 12.3 Å². The van der Waals surface area contributed by atoms with Crippen molar-refractivity contribution in [2.24, 2.45) is 0 Å². The molecule has 168 valence electrons. The highest BCUT2D eigenvalue weighted by atomic mass is 19.1. The van der Waals surface area contributed by atoms with E-state index in [1.165, 1.54) is 18.7 Å². The molecule has 2 aliphatic rings. The van der Waals surface area contributed by atoms with Gasteiger partial charge in [-0.05, 0) is 49.3 Å². The number of amides is 1. The van der Waals surface area contributed by atoms with Crippen LogP contribution in [0.2, 0.25) is 0 Å². The zero-order valence-electron chi connectivity index (χ0n) is 17.5. The summed E-state index contributed by atoms with van der Waals surface area (Å²) in [5.41, 5.74) is 8.28. The fourth-order valence-electron chi connectivity index (χ4n) is 3.55. The molecule has 32 heavy (non-hydrogen) atoms. The van der Waals surface area contributed by atoms with E-state index in [9.17, 15) is 9.18 Å². The number of fused-ring (bicyclic) bond motifs is 2. The Morgan fingerprint density at radius 2 is 2.03 bits per heavy atom. The number of carbonyl (C=O) groups is 1. The number of aliphatic hydroxyl groups is 1. The second-order valence-corrected chi connectivity index (χ2v) is 7.71. The minimum atomic E-state index is -1.24. The number of nitrogens with zero attached hydrogens (tertiary/aromatic N) is 2. The first-order valence-electron chi connectivity index (χ1n) is 10.3. The molecule has 1 aliphatic heterocycles. The van der Waals surface area contributed by atoms with Crippen LogP contribution in [0.15, 0.2) is 24.5 Å². The molecule has 5 rings (SSSR count). The van der Waals surface area contributed by atoms with Gasteiger partial charge in [-0.25, -0.2) is 19.2 Å². The lowest BCUT2D eigenvalue weighted by molar-refractivity contribution is 0.0950. The lowest BCUT2D eigenvalue weighted by atomic mass is 9.97. The monoisotopic (exact) mass is 441 g/mol. The molecule has 1 fully saturated rings. The van der Waals surface area contributed by atoms with Gasteiger partial charge in [0.2, 0.25) is 5.88 Å². The van der Waals surface area contributed by atoms with Gasteiger partial charge in [0.15, 0.2) is 5.82 Å². The molecule has 0 unspecified atom stereocenters. The Hall–Kier alpha value is -3.66. The number of hydrogen-bond donors (Lipinski definition) is 5. The maximum atomic E-state index is 15.0. The van der Waals surface area contributed by atoms with Gasteiger partial charge in [0.25, 0.3) is 0 Å². The zero-order valence-corrected chi connectivity index (χ0v) is 17.5. The number of nitrogens with one attached hydrogen (secondary N) is 2. The van der Waals surface area contributed by atoms with Crippen LogP contribution in [0.4, 0.5) is 26.4 Å². The Morgan fingerprint density at radius 3 is 2.69 bits per heavy atom. The minimum absolute atomic E-state index is 0.0572. The number of nitrogen functional groups attached to an aromatic ring is 1. The molecule has 0 atom stereocenters. The average molecular weight is 441 g/mol. The van der Waals surface area contributed by atoms with Crippen molar-refractivity contribution in [1.29, 1.82) is 0 Å². The number of nitrogens with two attached hydrogens (primary N) is 1. The Balaban J connectivity index is 0.000000433. The van der Waals surface area contributed by atoms with Gasteiger partial charge >= 0.3 is 6.09 Å². The van der Waals surface area contributed by atoms with Crippen LogP contribution in [0.1, 0.15) is 24.8 Å². The van der Waals surface area contributed by atoms with Gasteiger partial charge in [-0.15, -0.1) is 0 Å². The summed E-state index contributed by atoms with van der Waals surface area (Å²) in [5, 5.41) is 23.7. The summed E-state index contributed by atoms with van der Waals surface area (Å²) in [6.07, 6.45) is 5.03. The molecule has 3 heterocycles. The molecule has 0 spiro atoms. The van der Waals surface area contributed by atoms with E-state index >= 15 is 0 Å². The third-order valence-electron chi connectivity index (χ3n) is 5.55. The molecule has 0 bridgehead atoms. The third kappa shape index (κ3) is 4.22. The van der Waals surface area contributed by atoms with Gasteiger partial charge in [0, 0.05) is 35.5 Å². The quantitative estimate of drug-likeness (QED) is 0.378. The number of aromatic nitrogens is 2. The summed E-state index contributed by atoms with van der Waals surface area (Å²) >= 11 is 0. The lowest BCUT2D eigenvalue weighted by Gasteiger charge is -2.22. The lowest BCUT2D eigenvalue weighted by Crippen LogP contribution is -2.20. The van der Waals surface area contributed by atoms with Gasteiger partial charge in [-0.2, -0.15) is 0 Å². The predicted octanol–water partition coefficient (Wildman–Crippen LogP) is 3.75.